The number of carbonyl (C=O) groups is 18. The summed E-state index contributed by atoms with van der Waals surface area (Å²) in [5.74, 6) is -15.4. The third kappa shape index (κ3) is 58.2. The molecule has 15 atom stereocenters. The summed E-state index contributed by atoms with van der Waals surface area (Å²) in [6.45, 7) is 21.1. The fraction of sp³-hybridized carbons (Fsp3) is 0.769. The second-order valence-corrected chi connectivity index (χ2v) is 31.1. The monoisotopic (exact) mass is 1750 g/mol. The molecule has 0 aliphatic carbocycles. The molecule has 0 saturated heterocycles. The summed E-state index contributed by atoms with van der Waals surface area (Å²) >= 11 is 0. The van der Waals surface area contributed by atoms with Crippen LogP contribution < -0.4 is 0 Å². The molecule has 0 heterocycles. The molecule has 0 fully saturated rings. The maximum atomic E-state index is 13.3. The smallest absolute Gasteiger partial charge is 0.327 e. The zero-order chi connectivity index (χ0) is 92.0. The third-order valence-electron chi connectivity index (χ3n) is 16.5. The first-order valence-electron chi connectivity index (χ1n) is 38.7. The third-order valence-corrected chi connectivity index (χ3v) is 17.6. The number of carbonyl (C=O) groups excluding carboxylic acids is 18. The summed E-state index contributed by atoms with van der Waals surface area (Å²) in [6, 6.07) is 0. The molecule has 0 saturated carbocycles. The van der Waals surface area contributed by atoms with Crippen LogP contribution in [0.3, 0.4) is 0 Å². The lowest BCUT2D eigenvalue weighted by Gasteiger charge is -2.33. The highest BCUT2D eigenvalue weighted by atomic mass is 32.2. The number of hydrogen-bond acceptors (Lipinski definition) is 40. The molecule has 0 aromatic carbocycles. The molecule has 0 aliphatic heterocycles. The van der Waals surface area contributed by atoms with Crippen molar-refractivity contribution in [3.05, 3.63) is 0 Å². The molecule has 0 rings (SSSR count). The van der Waals surface area contributed by atoms with Crippen molar-refractivity contribution in [1.29, 1.82) is 0 Å². The van der Waals surface area contributed by atoms with Crippen LogP contribution >= 0.6 is 0 Å². The molecule has 0 aromatic rings. The van der Waals surface area contributed by atoms with E-state index in [1.165, 1.54) is 41.5 Å². The van der Waals surface area contributed by atoms with E-state index >= 15 is 0 Å². The maximum Gasteiger partial charge on any atom is 0.327 e. The molecule has 686 valence electrons. The van der Waals surface area contributed by atoms with Gasteiger partial charge in [0.05, 0.1) is 44.1 Å². The molecule has 15 unspecified atom stereocenters. The van der Waals surface area contributed by atoms with Crippen molar-refractivity contribution in [3.63, 3.8) is 0 Å². The average Bonchev–Trinajstić information content (AvgIpc) is 0.861. The van der Waals surface area contributed by atoms with Gasteiger partial charge in [0.25, 0.3) is 10.1 Å². The average molecular weight is 1750 g/mol. The lowest BCUT2D eigenvalue weighted by molar-refractivity contribution is -0.167. The van der Waals surface area contributed by atoms with Gasteiger partial charge in [-0.15, -0.1) is 0 Å². The summed E-state index contributed by atoms with van der Waals surface area (Å²) in [7, 11) is -5.38. The first-order chi connectivity index (χ1) is 55.5. The highest BCUT2D eigenvalue weighted by Gasteiger charge is 2.40. The van der Waals surface area contributed by atoms with E-state index in [0.717, 1.165) is 96.9 Å². The van der Waals surface area contributed by atoms with Gasteiger partial charge in [-0.2, -0.15) is 8.42 Å². The Morgan fingerprint density at radius 3 is 0.625 bits per heavy atom. The lowest BCUT2D eigenvalue weighted by Crippen LogP contribution is -2.39. The Morgan fingerprint density at radius 2 is 0.425 bits per heavy atom. The van der Waals surface area contributed by atoms with Gasteiger partial charge in [0.1, 0.15) is 98.7 Å². The summed E-state index contributed by atoms with van der Waals surface area (Å²) < 4.78 is 146. The molecule has 0 spiro atoms. The lowest BCUT2D eigenvalue weighted by atomic mass is 9.93. The van der Waals surface area contributed by atoms with Crippen LogP contribution in [0.15, 0.2) is 0 Å². The van der Waals surface area contributed by atoms with Gasteiger partial charge in [-0.25, -0.2) is 0 Å². The molecule has 0 aliphatic rings. The number of ether oxygens (including phenoxy) is 20. The van der Waals surface area contributed by atoms with Crippen molar-refractivity contribution in [2.75, 3.05) is 39.6 Å². The second kappa shape index (κ2) is 56.7. The van der Waals surface area contributed by atoms with E-state index in [2.05, 4.69) is 0 Å². The van der Waals surface area contributed by atoms with E-state index in [1.54, 1.807) is 0 Å². The summed E-state index contributed by atoms with van der Waals surface area (Å²) in [5, 5.41) is -2.53. The standard InChI is InChI=1S/C78H122O41S/c1-44(79)100-23-21-60(106-46(3)81)29-62(108-48(5)83)31-64(110-50(7)85)33-66(112-52(9)87)35-68(114-54(11)89)37-70(116-56(13)91)39-72(118-58(15)93)42-77(17,18)104-27-25-102-75(95)41-74(120(97,98)99)76(96)103-26-28-105-78(19,20)43-73(119-59(16)94)40-71(117-57(14)92)38-69(115-55(12)90)36-67(113-53(10)88)34-65(111-51(8)86)32-63(109-49(6)84)30-61(107-47(4)82)22-24-101-45(2)80/h60-74H,21-43H2,1-20H3,(H,97,98,99). The van der Waals surface area contributed by atoms with Crippen molar-refractivity contribution in [3.8, 4) is 0 Å². The van der Waals surface area contributed by atoms with Crippen LogP contribution in [0.2, 0.25) is 0 Å². The van der Waals surface area contributed by atoms with Gasteiger partial charge in [-0.1, -0.05) is 0 Å². The Bertz CT molecular complexity index is 3490. The van der Waals surface area contributed by atoms with Crippen LogP contribution in [0.4, 0.5) is 0 Å². The molecular weight excluding hydrogens is 1620 g/mol. The van der Waals surface area contributed by atoms with Crippen LogP contribution in [0.1, 0.15) is 248 Å². The Hall–Kier alpha value is -9.71. The minimum absolute atomic E-state index is 0.0115. The predicted molar refractivity (Wildman–Crippen MR) is 407 cm³/mol. The van der Waals surface area contributed by atoms with Crippen LogP contribution in [-0.4, -0.2) is 262 Å². The number of hydrogen-bond donors (Lipinski definition) is 1. The molecule has 41 nitrogen and oxygen atoms in total. The highest BCUT2D eigenvalue weighted by molar-refractivity contribution is 7.87. The van der Waals surface area contributed by atoms with Crippen LogP contribution in [-0.2, 0) is 191 Å². The molecule has 1 N–H and O–H groups in total. The molecular formula is C78H122O41S. The normalized spacial score (nSPS) is 15.2. The van der Waals surface area contributed by atoms with Gasteiger partial charge in [-0.05, 0) is 27.7 Å². The molecule has 0 bridgehead atoms. The van der Waals surface area contributed by atoms with Crippen molar-refractivity contribution in [2.45, 2.75) is 350 Å². The zero-order valence-electron chi connectivity index (χ0n) is 72.1. The van der Waals surface area contributed by atoms with Gasteiger partial charge < -0.3 is 94.7 Å². The number of rotatable bonds is 60. The molecule has 0 radical (unpaired) electrons. The number of esters is 18. The zero-order valence-corrected chi connectivity index (χ0v) is 72.9. The van der Waals surface area contributed by atoms with E-state index in [1.807, 2.05) is 0 Å². The Balaban J connectivity index is 6.51. The van der Waals surface area contributed by atoms with Crippen LogP contribution in [0.5, 0.6) is 0 Å². The van der Waals surface area contributed by atoms with Crippen LogP contribution in [0.25, 0.3) is 0 Å². The van der Waals surface area contributed by atoms with Gasteiger partial charge in [0, 0.05) is 214 Å². The largest absolute Gasteiger partial charge is 0.466 e. The van der Waals surface area contributed by atoms with Crippen molar-refractivity contribution in [1.82, 2.24) is 0 Å². The minimum atomic E-state index is -5.38. The van der Waals surface area contributed by atoms with E-state index < -0.39 is 252 Å². The van der Waals surface area contributed by atoms with Crippen LogP contribution in [0, 0.1) is 0 Å². The van der Waals surface area contributed by atoms with E-state index in [-0.39, 0.29) is 116 Å². The van der Waals surface area contributed by atoms with E-state index in [4.69, 9.17) is 94.7 Å². The Labute approximate surface area is 698 Å². The topological polar surface area (TPSA) is 546 Å². The first-order valence-corrected chi connectivity index (χ1v) is 40.2. The first kappa shape index (κ1) is 110. The fourth-order valence-corrected chi connectivity index (χ4v) is 13.6. The summed E-state index contributed by atoms with van der Waals surface area (Å²) in [6.07, 6.45) is -21.4. The molecule has 120 heavy (non-hydrogen) atoms. The van der Waals surface area contributed by atoms with E-state index in [0.29, 0.717) is 0 Å². The molecule has 42 heteroatoms. The molecule has 0 aromatic heterocycles. The molecule has 0 amide bonds. The van der Waals surface area contributed by atoms with Crippen molar-refractivity contribution >= 4 is 118 Å². The maximum absolute atomic E-state index is 13.3. The van der Waals surface area contributed by atoms with E-state index in [9.17, 15) is 99.3 Å². The van der Waals surface area contributed by atoms with Gasteiger partial charge >= 0.3 is 107 Å². The van der Waals surface area contributed by atoms with Gasteiger partial charge in [-0.3, -0.25) is 90.9 Å². The summed E-state index contributed by atoms with van der Waals surface area (Å²) in [4.78, 5) is 224. The SMILES string of the molecule is CC(=O)OCCC(CC(CC(CC(CC(CC(CC(CC(C)(C)OCCOC(=O)CC(C(=O)OCCOC(C)(C)CC(CC(CC(CC(CC(CC(CC(CCOC(C)=O)OC(C)=O)OC(C)=O)OC(C)=O)OC(C)=O)OC(C)=O)OC(C)=O)OC(C)=O)S(=O)(=O)O)OC(C)=O)OC(C)=O)OC(C)=O)OC(C)=O)OC(C)=O)OC(C)=O)OC(C)=O. The summed E-state index contributed by atoms with van der Waals surface area (Å²) in [5.41, 5.74) is -2.64. The van der Waals surface area contributed by atoms with Gasteiger partial charge in [0.15, 0.2) is 5.25 Å². The fourth-order valence-electron chi connectivity index (χ4n) is 13.0. The second-order valence-electron chi connectivity index (χ2n) is 29.5. The predicted octanol–water partition coefficient (Wildman–Crippen LogP) is 5.72. The highest BCUT2D eigenvalue weighted by Crippen LogP contribution is 2.32. The Morgan fingerprint density at radius 1 is 0.242 bits per heavy atom. The van der Waals surface area contributed by atoms with Crippen molar-refractivity contribution in [2.24, 2.45) is 0 Å². The Kier molecular flexibility index (Phi) is 52.1. The van der Waals surface area contributed by atoms with Crippen molar-refractivity contribution < 1.29 is 194 Å². The van der Waals surface area contributed by atoms with Gasteiger partial charge in [0.2, 0.25) is 0 Å². The minimum Gasteiger partial charge on any atom is -0.466 e. The quantitative estimate of drug-likeness (QED) is 0.0329.